The summed E-state index contributed by atoms with van der Waals surface area (Å²) < 4.78 is 103. The Labute approximate surface area is 158 Å². The van der Waals surface area contributed by atoms with Gasteiger partial charge in [0.25, 0.3) is 10.0 Å². The third kappa shape index (κ3) is 5.22. The quantitative estimate of drug-likeness (QED) is 0.396. The van der Waals surface area contributed by atoms with Crippen LogP contribution < -0.4 is 4.83 Å². The number of hydrazone groups is 1. The summed E-state index contributed by atoms with van der Waals surface area (Å²) in [5, 5.41) is 2.84. The Morgan fingerprint density at radius 2 is 1.48 bits per heavy atom. The van der Waals surface area contributed by atoms with E-state index < -0.39 is 44.1 Å². The van der Waals surface area contributed by atoms with E-state index in [-0.39, 0.29) is 0 Å². The van der Waals surface area contributed by atoms with E-state index in [0.717, 1.165) is 24.3 Å². The van der Waals surface area contributed by atoms with E-state index in [4.69, 9.17) is 0 Å². The number of nitrogens with zero attached hydrogens (tertiary/aromatic N) is 1. The highest BCUT2D eigenvalue weighted by Crippen LogP contribution is 2.34. The summed E-state index contributed by atoms with van der Waals surface area (Å²) in [6, 6.07) is 7.66. The van der Waals surface area contributed by atoms with Crippen LogP contribution in [0.5, 0.6) is 0 Å². The first kappa shape index (κ1) is 21.2. The van der Waals surface area contributed by atoms with Crippen LogP contribution in [0.3, 0.4) is 0 Å². The molecule has 2 aromatic carbocycles. The van der Waals surface area contributed by atoms with Gasteiger partial charge in [-0.1, -0.05) is 40.2 Å². The summed E-state index contributed by atoms with van der Waals surface area (Å²) in [6.45, 7) is 0. The van der Waals surface area contributed by atoms with Crippen LogP contribution in [0.15, 0.2) is 63.0 Å². The Morgan fingerprint density at radius 1 is 0.926 bits per heavy atom. The standard InChI is InChI=1S/C15H9BrF6N2O2S/c16-10-7-5-9(6-8-10)13(15(20,21)22)23-24-27(25,26)12-4-2-1-3-11(12)14(17,18)19/h1-8,24H/b23-13+. The van der Waals surface area contributed by atoms with Crippen LogP contribution in [0.2, 0.25) is 0 Å². The number of benzene rings is 2. The van der Waals surface area contributed by atoms with Crippen molar-refractivity contribution < 1.29 is 34.8 Å². The molecule has 0 saturated heterocycles. The first-order valence-corrected chi connectivity index (χ1v) is 9.19. The third-order valence-corrected chi connectivity index (χ3v) is 4.94. The Morgan fingerprint density at radius 3 is 2.00 bits per heavy atom. The fraction of sp³-hybridized carbons (Fsp3) is 0.133. The first-order valence-electron chi connectivity index (χ1n) is 6.91. The largest absolute Gasteiger partial charge is 0.435 e. The molecule has 0 bridgehead atoms. The molecule has 0 spiro atoms. The smallest absolute Gasteiger partial charge is 0.200 e. The number of halogens is 7. The molecule has 146 valence electrons. The topological polar surface area (TPSA) is 58.5 Å². The maximum absolute atomic E-state index is 13.2. The number of hydrogen-bond acceptors (Lipinski definition) is 3. The Bertz CT molecular complexity index is 954. The van der Waals surface area contributed by atoms with E-state index in [1.165, 1.54) is 17.0 Å². The predicted octanol–water partition coefficient (Wildman–Crippen LogP) is 4.71. The minimum Gasteiger partial charge on any atom is -0.200 e. The molecule has 0 aliphatic heterocycles. The lowest BCUT2D eigenvalue weighted by Gasteiger charge is -2.14. The van der Waals surface area contributed by atoms with Crippen LogP contribution in [-0.4, -0.2) is 20.3 Å². The monoisotopic (exact) mass is 474 g/mol. The fourth-order valence-corrected chi connectivity index (χ4v) is 3.29. The van der Waals surface area contributed by atoms with Crippen molar-refractivity contribution >= 4 is 31.7 Å². The molecule has 0 atom stereocenters. The predicted molar refractivity (Wildman–Crippen MR) is 88.5 cm³/mol. The van der Waals surface area contributed by atoms with E-state index in [2.05, 4.69) is 21.0 Å². The van der Waals surface area contributed by atoms with Gasteiger partial charge in [0.1, 0.15) is 4.90 Å². The van der Waals surface area contributed by atoms with Crippen LogP contribution in [-0.2, 0) is 16.2 Å². The van der Waals surface area contributed by atoms with E-state index in [9.17, 15) is 34.8 Å². The second-order valence-corrected chi connectivity index (χ2v) is 7.60. The molecule has 0 aromatic heterocycles. The maximum atomic E-state index is 13.2. The zero-order valence-electron chi connectivity index (χ0n) is 12.9. The van der Waals surface area contributed by atoms with Gasteiger partial charge in [-0.15, -0.1) is 0 Å². The highest BCUT2D eigenvalue weighted by molar-refractivity contribution is 9.10. The second-order valence-electron chi connectivity index (χ2n) is 5.05. The number of alkyl halides is 6. The Hall–Kier alpha value is -2.08. The molecule has 0 aliphatic carbocycles. The van der Waals surface area contributed by atoms with Crippen molar-refractivity contribution in [2.24, 2.45) is 5.10 Å². The lowest BCUT2D eigenvalue weighted by molar-refractivity contribution is -0.139. The molecule has 0 amide bonds. The molecule has 12 heteroatoms. The molecule has 0 aliphatic rings. The molecular weight excluding hydrogens is 466 g/mol. The maximum Gasteiger partial charge on any atom is 0.435 e. The molecule has 27 heavy (non-hydrogen) atoms. The Balaban J connectivity index is 2.48. The highest BCUT2D eigenvalue weighted by Gasteiger charge is 2.39. The molecule has 0 saturated carbocycles. The summed E-state index contributed by atoms with van der Waals surface area (Å²) in [5.41, 5.74) is -3.61. The summed E-state index contributed by atoms with van der Waals surface area (Å²) in [7, 11) is -5.01. The summed E-state index contributed by atoms with van der Waals surface area (Å²) in [5.74, 6) is 0. The molecule has 1 N–H and O–H groups in total. The molecule has 4 nitrogen and oxygen atoms in total. The van der Waals surface area contributed by atoms with Gasteiger partial charge in [-0.05, 0) is 24.3 Å². The lowest BCUT2D eigenvalue weighted by atomic mass is 10.1. The summed E-state index contributed by atoms with van der Waals surface area (Å²) >= 11 is 3.03. The third-order valence-electron chi connectivity index (χ3n) is 3.15. The van der Waals surface area contributed by atoms with Gasteiger partial charge in [0, 0.05) is 10.0 Å². The van der Waals surface area contributed by atoms with Crippen molar-refractivity contribution in [3.8, 4) is 0 Å². The average Bonchev–Trinajstić information content (AvgIpc) is 2.54. The zero-order valence-corrected chi connectivity index (χ0v) is 15.3. The SMILES string of the molecule is O=S(=O)(N/N=C(\c1ccc(Br)cc1)C(F)(F)F)c1ccccc1C(F)(F)F. The lowest BCUT2D eigenvalue weighted by Crippen LogP contribution is -2.30. The zero-order chi connectivity index (χ0) is 20.5. The van der Waals surface area contributed by atoms with Gasteiger partial charge in [0.2, 0.25) is 0 Å². The second kappa shape index (κ2) is 7.50. The molecular formula is C15H9BrF6N2O2S. The number of rotatable bonds is 4. The minimum atomic E-state index is -5.06. The van der Waals surface area contributed by atoms with Crippen molar-refractivity contribution in [1.29, 1.82) is 0 Å². The van der Waals surface area contributed by atoms with Crippen LogP contribution in [0.1, 0.15) is 11.1 Å². The van der Waals surface area contributed by atoms with Crippen LogP contribution in [0.4, 0.5) is 26.3 Å². The van der Waals surface area contributed by atoms with Crippen molar-refractivity contribution in [1.82, 2.24) is 4.83 Å². The van der Waals surface area contributed by atoms with Crippen molar-refractivity contribution in [3.63, 3.8) is 0 Å². The van der Waals surface area contributed by atoms with E-state index in [1.807, 2.05) is 0 Å². The van der Waals surface area contributed by atoms with Gasteiger partial charge < -0.3 is 0 Å². The van der Waals surface area contributed by atoms with E-state index in [0.29, 0.717) is 16.6 Å². The highest BCUT2D eigenvalue weighted by atomic mass is 79.9. The first-order chi connectivity index (χ1) is 12.3. The van der Waals surface area contributed by atoms with Gasteiger partial charge in [0.05, 0.1) is 5.56 Å². The van der Waals surface area contributed by atoms with Crippen LogP contribution in [0.25, 0.3) is 0 Å². The van der Waals surface area contributed by atoms with Crippen molar-refractivity contribution in [2.75, 3.05) is 0 Å². The Kier molecular flexibility index (Phi) is 5.90. The number of nitrogens with one attached hydrogen (secondary N) is 1. The molecule has 0 fully saturated rings. The molecule has 0 unspecified atom stereocenters. The van der Waals surface area contributed by atoms with Crippen LogP contribution in [0, 0.1) is 0 Å². The molecule has 2 rings (SSSR count). The van der Waals surface area contributed by atoms with Gasteiger partial charge in [-0.2, -0.15) is 44.7 Å². The van der Waals surface area contributed by atoms with Crippen molar-refractivity contribution in [2.45, 2.75) is 17.2 Å². The molecule has 0 radical (unpaired) electrons. The summed E-state index contributed by atoms with van der Waals surface area (Å²) in [4.78, 5) is -0.00143. The number of sulfonamides is 1. The number of hydrogen-bond donors (Lipinski definition) is 1. The minimum absolute atomic E-state index is 0.465. The van der Waals surface area contributed by atoms with Crippen molar-refractivity contribution in [3.05, 3.63) is 64.1 Å². The molecule has 2 aromatic rings. The van der Waals surface area contributed by atoms with Crippen LogP contribution >= 0.6 is 15.9 Å². The van der Waals surface area contributed by atoms with E-state index >= 15 is 0 Å². The normalized spacial score (nSPS) is 13.5. The fourth-order valence-electron chi connectivity index (χ4n) is 1.99. The van der Waals surface area contributed by atoms with Gasteiger partial charge in [0.15, 0.2) is 5.71 Å². The van der Waals surface area contributed by atoms with Gasteiger partial charge >= 0.3 is 12.4 Å². The van der Waals surface area contributed by atoms with Gasteiger partial charge in [-0.25, -0.2) is 0 Å². The summed E-state index contributed by atoms with van der Waals surface area (Å²) in [6.07, 6.45) is -10.1. The van der Waals surface area contributed by atoms with Gasteiger partial charge in [-0.3, -0.25) is 0 Å². The molecule has 0 heterocycles. The average molecular weight is 475 g/mol. The van der Waals surface area contributed by atoms with E-state index in [1.54, 1.807) is 0 Å².